The molecule has 0 bridgehead atoms. The number of ether oxygens (including phenoxy) is 3. The highest BCUT2D eigenvalue weighted by molar-refractivity contribution is 5.77. The summed E-state index contributed by atoms with van der Waals surface area (Å²) in [6.07, 6.45) is 4.32. The number of rotatable bonds is 9. The van der Waals surface area contributed by atoms with E-state index >= 15 is 0 Å². The molecule has 3 heterocycles. The van der Waals surface area contributed by atoms with Gasteiger partial charge in [-0.05, 0) is 37.7 Å². The van der Waals surface area contributed by atoms with Gasteiger partial charge in [-0.2, -0.15) is 4.98 Å². The van der Waals surface area contributed by atoms with Gasteiger partial charge < -0.3 is 23.6 Å². The maximum absolute atomic E-state index is 12.9. The van der Waals surface area contributed by atoms with Crippen LogP contribution >= 0.6 is 0 Å². The van der Waals surface area contributed by atoms with Crippen molar-refractivity contribution in [1.82, 2.24) is 15.0 Å². The van der Waals surface area contributed by atoms with E-state index in [1.54, 1.807) is 7.11 Å². The second kappa shape index (κ2) is 11.0. The molecule has 0 N–H and O–H groups in total. The molecule has 1 atom stereocenters. The number of benzene rings is 1. The van der Waals surface area contributed by atoms with Crippen molar-refractivity contribution in [2.24, 2.45) is 0 Å². The molecule has 1 unspecified atom stereocenters. The predicted octanol–water partition coefficient (Wildman–Crippen LogP) is 3.08. The van der Waals surface area contributed by atoms with E-state index in [0.29, 0.717) is 38.0 Å². The summed E-state index contributed by atoms with van der Waals surface area (Å²) in [6.45, 7) is 3.78. The molecule has 0 saturated carbocycles. The smallest absolute Gasteiger partial charge is 0.248 e. The standard InChI is InChI=1S/C24H33N3O5/c1-29-15-11-24(23-25-22(32-26-23)20-8-13-30-14-9-20)10-5-12-27(18-24)21(28)17-31-16-19-6-3-2-4-7-19/h2-4,6-7,20H,5,8-18H2,1H3. The fourth-order valence-corrected chi connectivity index (χ4v) is 4.62. The fraction of sp³-hybridized carbons (Fsp3) is 0.625. The van der Waals surface area contributed by atoms with E-state index in [0.717, 1.165) is 50.9 Å². The van der Waals surface area contributed by atoms with Crippen LogP contribution in [0.25, 0.3) is 0 Å². The molecule has 0 aliphatic carbocycles. The van der Waals surface area contributed by atoms with Crippen LogP contribution in [0.2, 0.25) is 0 Å². The third-order valence-corrected chi connectivity index (χ3v) is 6.54. The number of hydrogen-bond acceptors (Lipinski definition) is 7. The average molecular weight is 444 g/mol. The minimum atomic E-state index is -0.365. The third kappa shape index (κ3) is 5.54. The number of amides is 1. The number of nitrogens with zero attached hydrogens (tertiary/aromatic N) is 3. The lowest BCUT2D eigenvalue weighted by atomic mass is 9.76. The Hall–Kier alpha value is -2.29. The van der Waals surface area contributed by atoms with Gasteiger partial charge in [0.2, 0.25) is 11.8 Å². The largest absolute Gasteiger partial charge is 0.385 e. The van der Waals surface area contributed by atoms with Gasteiger partial charge in [0.1, 0.15) is 6.61 Å². The molecule has 8 nitrogen and oxygen atoms in total. The molecule has 2 fully saturated rings. The highest BCUT2D eigenvalue weighted by Gasteiger charge is 2.42. The maximum Gasteiger partial charge on any atom is 0.248 e. The van der Waals surface area contributed by atoms with Crippen molar-refractivity contribution in [1.29, 1.82) is 0 Å². The third-order valence-electron chi connectivity index (χ3n) is 6.54. The number of hydrogen-bond donors (Lipinski definition) is 0. The van der Waals surface area contributed by atoms with Crippen molar-refractivity contribution in [2.45, 2.75) is 50.0 Å². The van der Waals surface area contributed by atoms with E-state index in [2.05, 4.69) is 5.16 Å². The summed E-state index contributed by atoms with van der Waals surface area (Å²) in [5.74, 6) is 1.63. The Morgan fingerprint density at radius 2 is 2.06 bits per heavy atom. The molecule has 1 aromatic heterocycles. The molecule has 2 aromatic rings. The van der Waals surface area contributed by atoms with E-state index < -0.39 is 0 Å². The second-order valence-corrected chi connectivity index (χ2v) is 8.76. The quantitative estimate of drug-likeness (QED) is 0.589. The van der Waals surface area contributed by atoms with Crippen molar-refractivity contribution >= 4 is 5.91 Å². The van der Waals surface area contributed by atoms with Crippen LogP contribution in [0.4, 0.5) is 0 Å². The molecule has 1 aromatic carbocycles. The van der Waals surface area contributed by atoms with Crippen molar-refractivity contribution in [3.63, 3.8) is 0 Å². The average Bonchev–Trinajstić information content (AvgIpc) is 3.35. The zero-order chi connectivity index (χ0) is 22.2. The normalized spacial score (nSPS) is 22.2. The molecule has 174 valence electrons. The lowest BCUT2D eigenvalue weighted by Gasteiger charge is -2.40. The molecular weight excluding hydrogens is 410 g/mol. The van der Waals surface area contributed by atoms with E-state index in [4.69, 9.17) is 23.7 Å². The highest BCUT2D eigenvalue weighted by atomic mass is 16.5. The van der Waals surface area contributed by atoms with Gasteiger partial charge in [-0.25, -0.2) is 0 Å². The van der Waals surface area contributed by atoms with E-state index in [9.17, 15) is 4.79 Å². The van der Waals surface area contributed by atoms with Crippen LogP contribution < -0.4 is 0 Å². The van der Waals surface area contributed by atoms with E-state index in [1.165, 1.54) is 0 Å². The molecule has 2 aliphatic heterocycles. The van der Waals surface area contributed by atoms with Gasteiger partial charge in [-0.15, -0.1) is 0 Å². The van der Waals surface area contributed by atoms with Gasteiger partial charge in [0, 0.05) is 45.9 Å². The zero-order valence-electron chi connectivity index (χ0n) is 18.8. The summed E-state index contributed by atoms with van der Waals surface area (Å²) in [5.41, 5.74) is 0.692. The monoisotopic (exact) mass is 443 g/mol. The van der Waals surface area contributed by atoms with Crippen LogP contribution in [0, 0.1) is 0 Å². The fourth-order valence-electron chi connectivity index (χ4n) is 4.62. The minimum absolute atomic E-state index is 0.00410. The van der Waals surface area contributed by atoms with Gasteiger partial charge in [-0.1, -0.05) is 35.5 Å². The number of likely N-dealkylation sites (tertiary alicyclic amines) is 1. The van der Waals surface area contributed by atoms with Crippen LogP contribution in [0.15, 0.2) is 34.9 Å². The Morgan fingerprint density at radius 3 is 2.84 bits per heavy atom. The molecular formula is C24H33N3O5. The summed E-state index contributed by atoms with van der Waals surface area (Å²) in [5, 5.41) is 4.38. The highest BCUT2D eigenvalue weighted by Crippen LogP contribution is 2.37. The lowest BCUT2D eigenvalue weighted by molar-refractivity contribution is -0.139. The van der Waals surface area contributed by atoms with Crippen LogP contribution in [-0.4, -0.2) is 67.6 Å². The molecule has 2 aliphatic rings. The zero-order valence-corrected chi connectivity index (χ0v) is 18.8. The Balaban J connectivity index is 1.42. The van der Waals surface area contributed by atoms with Crippen LogP contribution in [-0.2, 0) is 31.0 Å². The summed E-state index contributed by atoms with van der Waals surface area (Å²) in [4.78, 5) is 19.6. The summed E-state index contributed by atoms with van der Waals surface area (Å²) in [6, 6.07) is 9.89. The number of carbonyl (C=O) groups is 1. The summed E-state index contributed by atoms with van der Waals surface area (Å²) >= 11 is 0. The van der Waals surface area contributed by atoms with Gasteiger partial charge in [0.05, 0.1) is 12.0 Å². The van der Waals surface area contributed by atoms with Crippen LogP contribution in [0.5, 0.6) is 0 Å². The molecule has 4 rings (SSSR count). The molecule has 2 saturated heterocycles. The summed E-state index contributed by atoms with van der Waals surface area (Å²) in [7, 11) is 1.69. The Kier molecular flexibility index (Phi) is 7.89. The first-order valence-corrected chi connectivity index (χ1v) is 11.5. The first-order chi connectivity index (χ1) is 15.7. The number of aromatic nitrogens is 2. The molecule has 0 spiro atoms. The van der Waals surface area contributed by atoms with Crippen molar-refractivity contribution in [3.8, 4) is 0 Å². The van der Waals surface area contributed by atoms with E-state index in [1.807, 2.05) is 35.2 Å². The second-order valence-electron chi connectivity index (χ2n) is 8.76. The topological polar surface area (TPSA) is 86.9 Å². The van der Waals surface area contributed by atoms with Gasteiger partial charge in [0.25, 0.3) is 0 Å². The first kappa shape index (κ1) is 22.9. The van der Waals surface area contributed by atoms with Crippen molar-refractivity contribution in [3.05, 3.63) is 47.6 Å². The van der Waals surface area contributed by atoms with Crippen LogP contribution in [0.1, 0.15) is 55.3 Å². The number of methoxy groups -OCH3 is 1. The SMILES string of the molecule is COCCC1(c2noc(C3CCOCC3)n2)CCCN(C(=O)COCc2ccccc2)C1. The van der Waals surface area contributed by atoms with Crippen molar-refractivity contribution < 1.29 is 23.5 Å². The Labute approximate surface area is 189 Å². The van der Waals surface area contributed by atoms with Crippen molar-refractivity contribution in [2.75, 3.05) is 46.6 Å². The maximum atomic E-state index is 12.9. The predicted molar refractivity (Wildman–Crippen MR) is 117 cm³/mol. The number of carbonyl (C=O) groups excluding carboxylic acids is 1. The summed E-state index contributed by atoms with van der Waals surface area (Å²) < 4.78 is 22.2. The Morgan fingerprint density at radius 1 is 1.25 bits per heavy atom. The molecule has 32 heavy (non-hydrogen) atoms. The molecule has 1 amide bonds. The lowest BCUT2D eigenvalue weighted by Crippen LogP contribution is -2.50. The first-order valence-electron chi connectivity index (χ1n) is 11.5. The molecule has 8 heteroatoms. The van der Waals surface area contributed by atoms with Crippen LogP contribution in [0.3, 0.4) is 0 Å². The minimum Gasteiger partial charge on any atom is -0.385 e. The van der Waals surface area contributed by atoms with Gasteiger partial charge in [0.15, 0.2) is 5.82 Å². The molecule has 0 radical (unpaired) electrons. The van der Waals surface area contributed by atoms with Gasteiger partial charge in [-0.3, -0.25) is 4.79 Å². The van der Waals surface area contributed by atoms with Gasteiger partial charge >= 0.3 is 0 Å². The Bertz CT molecular complexity index is 852. The van der Waals surface area contributed by atoms with E-state index in [-0.39, 0.29) is 23.8 Å². The number of piperidine rings is 1.